The number of hydrogen-bond acceptors (Lipinski definition) is 13. The molecule has 1 unspecified atom stereocenters. The molecule has 2 aliphatic heterocycles. The van der Waals surface area contributed by atoms with Crippen LogP contribution in [0.25, 0.3) is 0 Å². The molecule has 1 fully saturated rings. The molecule has 264 valence electrons. The van der Waals surface area contributed by atoms with E-state index in [1.807, 2.05) is 60.7 Å². The van der Waals surface area contributed by atoms with E-state index >= 15 is 0 Å². The van der Waals surface area contributed by atoms with E-state index in [2.05, 4.69) is 15.5 Å². The van der Waals surface area contributed by atoms with E-state index in [-0.39, 0.29) is 47.8 Å². The van der Waals surface area contributed by atoms with Crippen LogP contribution in [0, 0.1) is 0 Å². The maximum atomic E-state index is 14.0. The van der Waals surface area contributed by atoms with Crippen LogP contribution in [0.3, 0.4) is 0 Å². The summed E-state index contributed by atoms with van der Waals surface area (Å²) in [5.41, 5.74) is 7.41. The Hall–Kier alpha value is -4.73. The number of fused-ring (bicyclic) bond motifs is 1. The van der Waals surface area contributed by atoms with Gasteiger partial charge in [0.15, 0.2) is 16.9 Å². The normalized spacial score (nSPS) is 17.6. The third-order valence-corrected chi connectivity index (χ3v) is 9.46. The molecule has 13 nitrogen and oxygen atoms in total. The second-order valence-corrected chi connectivity index (χ2v) is 14.4. The molecule has 1 aromatic heterocycles. The molecule has 0 aliphatic carbocycles. The van der Waals surface area contributed by atoms with E-state index in [1.165, 1.54) is 23.8 Å². The Morgan fingerprint density at radius 1 is 1.08 bits per heavy atom. The van der Waals surface area contributed by atoms with Gasteiger partial charge < -0.3 is 30.1 Å². The Balaban J connectivity index is 1.30. The third kappa shape index (κ3) is 8.89. The summed E-state index contributed by atoms with van der Waals surface area (Å²) in [5, 5.41) is 7.90. The van der Waals surface area contributed by atoms with Crippen LogP contribution in [0.4, 0.5) is 5.13 Å². The molecule has 15 heteroatoms. The zero-order chi connectivity index (χ0) is 35.8. The number of β-lactam (4-membered cyclic amide) rings is 1. The first-order chi connectivity index (χ1) is 24.0. The number of thioether (sulfide) groups is 1. The van der Waals surface area contributed by atoms with Gasteiger partial charge in [-0.25, -0.2) is 9.78 Å². The number of carbonyl (C=O) groups excluding carboxylic acids is 4. The summed E-state index contributed by atoms with van der Waals surface area (Å²) in [4.78, 5) is 64.2. The number of ether oxygens (including phenoxy) is 3. The molecule has 3 N–H and O–H groups in total. The Bertz CT molecular complexity index is 1720. The second-order valence-electron chi connectivity index (χ2n) is 12.4. The zero-order valence-electron chi connectivity index (χ0n) is 28.1. The van der Waals surface area contributed by atoms with Crippen LogP contribution in [0.1, 0.15) is 56.5 Å². The van der Waals surface area contributed by atoms with Gasteiger partial charge in [0.2, 0.25) is 0 Å². The van der Waals surface area contributed by atoms with Crippen molar-refractivity contribution in [1.82, 2.24) is 15.2 Å². The summed E-state index contributed by atoms with van der Waals surface area (Å²) >= 11 is 2.50. The minimum absolute atomic E-state index is 0.0236. The number of rotatable bonds is 14. The zero-order valence-corrected chi connectivity index (χ0v) is 29.8. The molecule has 50 heavy (non-hydrogen) atoms. The summed E-state index contributed by atoms with van der Waals surface area (Å²) < 4.78 is 16.8. The molecule has 0 radical (unpaired) electrons. The van der Waals surface area contributed by atoms with Crippen LogP contribution in [-0.4, -0.2) is 82.4 Å². The average Bonchev–Trinajstić information content (AvgIpc) is 3.52. The van der Waals surface area contributed by atoms with Crippen LogP contribution >= 0.6 is 23.1 Å². The number of nitrogens with two attached hydrogens (primary N) is 1. The predicted molar refractivity (Wildman–Crippen MR) is 189 cm³/mol. The first-order valence-corrected chi connectivity index (χ1v) is 17.8. The van der Waals surface area contributed by atoms with E-state index in [1.54, 1.807) is 26.2 Å². The fourth-order valence-electron chi connectivity index (χ4n) is 5.30. The monoisotopic (exact) mass is 721 g/mol. The highest BCUT2D eigenvalue weighted by molar-refractivity contribution is 8.00. The van der Waals surface area contributed by atoms with Gasteiger partial charge in [-0.3, -0.25) is 19.3 Å². The van der Waals surface area contributed by atoms with Crippen molar-refractivity contribution >= 4 is 57.7 Å². The maximum absolute atomic E-state index is 14.0. The Morgan fingerprint density at radius 2 is 1.74 bits per heavy atom. The lowest BCUT2D eigenvalue weighted by molar-refractivity contribution is -0.155. The van der Waals surface area contributed by atoms with E-state index in [4.69, 9.17) is 24.8 Å². The largest absolute Gasteiger partial charge is 0.460 e. The molecule has 3 heterocycles. The lowest BCUT2D eigenvalue weighted by Crippen LogP contribution is -2.71. The first-order valence-electron chi connectivity index (χ1n) is 15.9. The summed E-state index contributed by atoms with van der Waals surface area (Å²) in [5.74, 6) is -1.91. The topological polar surface area (TPSA) is 172 Å². The Morgan fingerprint density at radius 3 is 2.32 bits per heavy atom. The smallest absolute Gasteiger partial charge is 0.356 e. The number of anilines is 1. The Kier molecular flexibility index (Phi) is 11.9. The molecule has 0 bridgehead atoms. The van der Waals surface area contributed by atoms with Gasteiger partial charge in [-0.1, -0.05) is 65.8 Å². The van der Waals surface area contributed by atoms with Crippen molar-refractivity contribution in [3.05, 3.63) is 94.1 Å². The number of thiazole rings is 1. The SMILES string of the molecule is COCC1=C(C(=O)OC(c2ccccc2)c2ccccc2)N2C(=O)C(NC(=O)/C(=N\OCCCC(=O)OC(C)(C)C)c3csc(N)n3)[C@H]2SC1. The van der Waals surface area contributed by atoms with Crippen LogP contribution < -0.4 is 11.1 Å². The number of nitrogens with zero attached hydrogens (tertiary/aromatic N) is 3. The fourth-order valence-corrected chi connectivity index (χ4v) is 7.17. The van der Waals surface area contributed by atoms with E-state index in [0.29, 0.717) is 17.7 Å². The van der Waals surface area contributed by atoms with Gasteiger partial charge in [0.25, 0.3) is 11.8 Å². The lowest BCUT2D eigenvalue weighted by Gasteiger charge is -2.49. The predicted octanol–water partition coefficient (Wildman–Crippen LogP) is 4.20. The number of amides is 2. The summed E-state index contributed by atoms with van der Waals surface area (Å²) in [6, 6.07) is 17.7. The molecule has 1 saturated heterocycles. The molecule has 0 spiro atoms. The van der Waals surface area contributed by atoms with Gasteiger partial charge in [0, 0.05) is 24.7 Å². The number of benzene rings is 2. The van der Waals surface area contributed by atoms with Gasteiger partial charge >= 0.3 is 11.9 Å². The number of carbonyl (C=O) groups is 4. The number of nitrogens with one attached hydrogen (secondary N) is 1. The van der Waals surface area contributed by atoms with Crippen molar-refractivity contribution in [2.75, 3.05) is 31.8 Å². The maximum Gasteiger partial charge on any atom is 0.356 e. The van der Waals surface area contributed by atoms with Crippen molar-refractivity contribution in [2.24, 2.45) is 5.16 Å². The van der Waals surface area contributed by atoms with Crippen molar-refractivity contribution in [1.29, 1.82) is 0 Å². The molecule has 2 amide bonds. The van der Waals surface area contributed by atoms with E-state index in [0.717, 1.165) is 22.5 Å². The van der Waals surface area contributed by atoms with Crippen LogP contribution in [0.2, 0.25) is 0 Å². The lowest BCUT2D eigenvalue weighted by atomic mass is 10.0. The highest BCUT2D eigenvalue weighted by Crippen LogP contribution is 2.41. The standard InChI is InChI=1S/C35H39N5O8S2/c1-35(2,3)48-25(41)16-11-17-46-39-26(24-20-50-34(36)37-24)30(42)38-27-31(43)40-28(23(18-45-4)19-49-32(27)40)33(44)47-29(21-12-7-5-8-13-21)22-14-9-6-10-15-22/h5-10,12-15,20,27,29,32H,11,16-19H2,1-4H3,(H2,36,37)(H,38,42)/b39-26-/t27?,32-/m1/s1. The van der Waals surface area contributed by atoms with Gasteiger partial charge in [-0.05, 0) is 43.9 Å². The van der Waals surface area contributed by atoms with Crippen molar-refractivity contribution < 1.29 is 38.2 Å². The molecule has 5 rings (SSSR count). The minimum Gasteiger partial charge on any atom is -0.460 e. The van der Waals surface area contributed by atoms with Gasteiger partial charge in [-0.2, -0.15) is 0 Å². The number of hydrogen-bond donors (Lipinski definition) is 2. The third-order valence-electron chi connectivity index (χ3n) is 7.45. The summed E-state index contributed by atoms with van der Waals surface area (Å²) in [6.07, 6.45) is -0.329. The number of aromatic nitrogens is 1. The van der Waals surface area contributed by atoms with Gasteiger partial charge in [0.05, 0.1) is 6.61 Å². The highest BCUT2D eigenvalue weighted by atomic mass is 32.2. The minimum atomic E-state index is -0.980. The molecule has 2 aromatic carbocycles. The molecular formula is C35H39N5O8S2. The van der Waals surface area contributed by atoms with Crippen LogP contribution in [0.15, 0.2) is 82.5 Å². The first kappa shape index (κ1) is 36.5. The molecule has 3 aromatic rings. The van der Waals surface area contributed by atoms with Crippen LogP contribution in [-0.2, 0) is 38.2 Å². The fraction of sp³-hybridized carbons (Fsp3) is 0.371. The van der Waals surface area contributed by atoms with E-state index < -0.39 is 40.9 Å². The van der Waals surface area contributed by atoms with Gasteiger partial charge in [-0.15, -0.1) is 23.1 Å². The average molecular weight is 722 g/mol. The summed E-state index contributed by atoms with van der Waals surface area (Å²) in [7, 11) is 1.51. The molecule has 2 atom stereocenters. The molecule has 0 saturated carbocycles. The van der Waals surface area contributed by atoms with Crippen LogP contribution in [0.5, 0.6) is 0 Å². The molecular weight excluding hydrogens is 683 g/mol. The molecule has 2 aliphatic rings. The number of oxime groups is 1. The highest BCUT2D eigenvalue weighted by Gasteiger charge is 2.55. The number of esters is 2. The van der Waals surface area contributed by atoms with Crippen molar-refractivity contribution in [2.45, 2.75) is 56.7 Å². The quantitative estimate of drug-likeness (QED) is 0.0804. The Labute approximate surface area is 298 Å². The number of methoxy groups -OCH3 is 1. The second kappa shape index (κ2) is 16.3. The van der Waals surface area contributed by atoms with Crippen molar-refractivity contribution in [3.8, 4) is 0 Å². The number of nitrogen functional groups attached to an aromatic ring is 1. The van der Waals surface area contributed by atoms with Crippen molar-refractivity contribution in [3.63, 3.8) is 0 Å². The van der Waals surface area contributed by atoms with Gasteiger partial charge in [0.1, 0.15) is 35.0 Å². The summed E-state index contributed by atoms with van der Waals surface area (Å²) in [6.45, 7) is 5.48. The van der Waals surface area contributed by atoms with E-state index in [9.17, 15) is 19.2 Å².